The monoisotopic (exact) mass is 415 g/mol. The zero-order chi connectivity index (χ0) is 20.5. The van der Waals surface area contributed by atoms with Crippen molar-refractivity contribution in [3.05, 3.63) is 76.5 Å². The first kappa shape index (κ1) is 19.3. The predicted molar refractivity (Wildman–Crippen MR) is 124 cm³/mol. The standard InChI is InChI=1S/C25H25N3OS/c1-30-23-10-9-17(16-27-23)14-18-15-22-21(24-20(18)8-5-12-26-24)11-13-28(25(22)29)19-6-3-2-4-7-19/h5,8-13,15-16,19H,2-4,6-7,14H2,1H3. The van der Waals surface area contributed by atoms with E-state index in [1.807, 2.05) is 35.5 Å². The molecule has 1 saturated carbocycles. The maximum atomic E-state index is 13.5. The van der Waals surface area contributed by atoms with Gasteiger partial charge in [0.15, 0.2) is 0 Å². The van der Waals surface area contributed by atoms with E-state index in [4.69, 9.17) is 0 Å². The molecule has 3 aromatic heterocycles. The Morgan fingerprint density at radius 3 is 2.67 bits per heavy atom. The van der Waals surface area contributed by atoms with Gasteiger partial charge in [-0.3, -0.25) is 9.78 Å². The van der Waals surface area contributed by atoms with E-state index < -0.39 is 0 Å². The Labute approximate surface area is 180 Å². The van der Waals surface area contributed by atoms with Gasteiger partial charge in [-0.2, -0.15) is 0 Å². The highest BCUT2D eigenvalue weighted by Gasteiger charge is 2.18. The van der Waals surface area contributed by atoms with E-state index in [0.717, 1.165) is 57.1 Å². The fourth-order valence-corrected chi connectivity index (χ4v) is 5.06. The minimum Gasteiger partial charge on any atom is -0.312 e. The van der Waals surface area contributed by atoms with Crippen molar-refractivity contribution in [2.45, 2.75) is 49.6 Å². The second kappa shape index (κ2) is 8.23. The molecule has 1 aliphatic rings. The molecule has 0 amide bonds. The largest absolute Gasteiger partial charge is 0.312 e. The van der Waals surface area contributed by atoms with E-state index in [1.54, 1.807) is 11.8 Å². The van der Waals surface area contributed by atoms with Crippen molar-refractivity contribution in [3.8, 4) is 0 Å². The summed E-state index contributed by atoms with van der Waals surface area (Å²) in [5.74, 6) is 0. The molecule has 1 aliphatic carbocycles. The number of rotatable bonds is 4. The molecule has 3 heterocycles. The van der Waals surface area contributed by atoms with Gasteiger partial charge in [-0.1, -0.05) is 31.4 Å². The van der Waals surface area contributed by atoms with Gasteiger partial charge in [0.25, 0.3) is 5.56 Å². The van der Waals surface area contributed by atoms with Crippen molar-refractivity contribution in [1.29, 1.82) is 0 Å². The third kappa shape index (κ3) is 3.52. The molecule has 1 fully saturated rings. The van der Waals surface area contributed by atoms with E-state index in [9.17, 15) is 4.79 Å². The summed E-state index contributed by atoms with van der Waals surface area (Å²) < 4.78 is 1.97. The topological polar surface area (TPSA) is 47.8 Å². The Morgan fingerprint density at radius 2 is 1.90 bits per heavy atom. The minimum absolute atomic E-state index is 0.115. The number of aromatic nitrogens is 3. The van der Waals surface area contributed by atoms with Gasteiger partial charge in [0, 0.05) is 40.8 Å². The maximum absolute atomic E-state index is 13.5. The summed E-state index contributed by atoms with van der Waals surface area (Å²) in [6, 6.07) is 12.7. The SMILES string of the molecule is CSc1ccc(Cc2cc3c(=O)n(C4CCCCC4)ccc3c3ncccc23)cn1. The molecule has 30 heavy (non-hydrogen) atoms. The highest BCUT2D eigenvalue weighted by molar-refractivity contribution is 7.98. The molecule has 0 bridgehead atoms. The van der Waals surface area contributed by atoms with Gasteiger partial charge in [-0.15, -0.1) is 11.8 Å². The summed E-state index contributed by atoms with van der Waals surface area (Å²) >= 11 is 1.64. The first-order chi connectivity index (χ1) is 14.7. The van der Waals surface area contributed by atoms with Crippen LogP contribution in [0.25, 0.3) is 21.7 Å². The van der Waals surface area contributed by atoms with E-state index in [2.05, 4.69) is 40.3 Å². The van der Waals surface area contributed by atoms with Gasteiger partial charge < -0.3 is 4.57 Å². The number of pyridine rings is 3. The summed E-state index contributed by atoms with van der Waals surface area (Å²) in [5, 5.41) is 3.84. The van der Waals surface area contributed by atoms with Gasteiger partial charge in [-0.25, -0.2) is 4.98 Å². The van der Waals surface area contributed by atoms with Crippen LogP contribution >= 0.6 is 11.8 Å². The van der Waals surface area contributed by atoms with Crippen LogP contribution in [0.4, 0.5) is 0 Å². The first-order valence-electron chi connectivity index (χ1n) is 10.6. The van der Waals surface area contributed by atoms with Crippen molar-refractivity contribution < 1.29 is 0 Å². The highest BCUT2D eigenvalue weighted by atomic mass is 32.2. The molecule has 152 valence electrons. The molecule has 4 aromatic rings. The summed E-state index contributed by atoms with van der Waals surface area (Å²) in [6.07, 6.45) is 14.4. The van der Waals surface area contributed by atoms with E-state index in [1.165, 1.54) is 19.3 Å². The Balaban J connectivity index is 1.66. The van der Waals surface area contributed by atoms with Crippen LogP contribution in [0.15, 0.2) is 64.8 Å². The minimum atomic E-state index is 0.115. The van der Waals surface area contributed by atoms with E-state index in [0.29, 0.717) is 6.04 Å². The van der Waals surface area contributed by atoms with Crippen molar-refractivity contribution in [2.24, 2.45) is 0 Å². The second-order valence-corrected chi connectivity index (χ2v) is 8.93. The fraction of sp³-hybridized carbons (Fsp3) is 0.320. The molecule has 0 radical (unpaired) electrons. The van der Waals surface area contributed by atoms with Gasteiger partial charge in [0.05, 0.1) is 10.5 Å². The molecule has 0 aliphatic heterocycles. The Hall–Kier alpha value is -2.66. The van der Waals surface area contributed by atoms with Crippen LogP contribution < -0.4 is 5.56 Å². The van der Waals surface area contributed by atoms with E-state index in [-0.39, 0.29) is 5.56 Å². The van der Waals surface area contributed by atoms with Crippen molar-refractivity contribution in [2.75, 3.05) is 6.26 Å². The Bertz CT molecular complexity index is 1260. The van der Waals surface area contributed by atoms with Gasteiger partial charge in [0.1, 0.15) is 0 Å². The lowest BCUT2D eigenvalue weighted by molar-refractivity contribution is 0.347. The molecule has 1 aromatic carbocycles. The second-order valence-electron chi connectivity index (χ2n) is 8.10. The predicted octanol–water partition coefficient (Wildman–Crippen LogP) is 5.76. The number of hydrogen-bond acceptors (Lipinski definition) is 4. The van der Waals surface area contributed by atoms with Gasteiger partial charge >= 0.3 is 0 Å². The lowest BCUT2D eigenvalue weighted by Gasteiger charge is -2.24. The molecular weight excluding hydrogens is 390 g/mol. The quantitative estimate of drug-likeness (QED) is 0.314. The molecular formula is C25H25N3OS. The summed E-state index contributed by atoms with van der Waals surface area (Å²) in [7, 11) is 0. The van der Waals surface area contributed by atoms with Crippen molar-refractivity contribution >= 4 is 33.4 Å². The van der Waals surface area contributed by atoms with E-state index >= 15 is 0 Å². The van der Waals surface area contributed by atoms with Crippen LogP contribution in [0.3, 0.4) is 0 Å². The first-order valence-corrected chi connectivity index (χ1v) is 11.9. The molecule has 0 atom stereocenters. The average molecular weight is 416 g/mol. The molecule has 5 heteroatoms. The lowest BCUT2D eigenvalue weighted by Crippen LogP contribution is -2.26. The molecule has 0 N–H and O–H groups in total. The van der Waals surface area contributed by atoms with Crippen LogP contribution in [0.5, 0.6) is 0 Å². The van der Waals surface area contributed by atoms with Crippen LogP contribution in [-0.4, -0.2) is 20.8 Å². The van der Waals surface area contributed by atoms with Crippen molar-refractivity contribution in [3.63, 3.8) is 0 Å². The molecule has 0 saturated heterocycles. The molecule has 0 unspecified atom stereocenters. The van der Waals surface area contributed by atoms with Crippen LogP contribution in [0.2, 0.25) is 0 Å². The Morgan fingerprint density at radius 1 is 1.03 bits per heavy atom. The zero-order valence-electron chi connectivity index (χ0n) is 17.2. The number of benzene rings is 1. The normalized spacial score (nSPS) is 15.1. The number of hydrogen-bond donors (Lipinski definition) is 0. The third-order valence-corrected chi connectivity index (χ3v) is 6.91. The number of nitrogens with zero attached hydrogens (tertiary/aromatic N) is 3. The molecule has 4 nitrogen and oxygen atoms in total. The van der Waals surface area contributed by atoms with Crippen LogP contribution in [-0.2, 0) is 6.42 Å². The third-order valence-electron chi connectivity index (χ3n) is 6.25. The van der Waals surface area contributed by atoms with Gasteiger partial charge in [-0.05, 0) is 60.9 Å². The Kier molecular flexibility index (Phi) is 5.30. The lowest BCUT2D eigenvalue weighted by atomic mass is 9.94. The van der Waals surface area contributed by atoms with Gasteiger partial charge in [0.2, 0.25) is 0 Å². The highest BCUT2D eigenvalue weighted by Crippen LogP contribution is 2.30. The fourth-order valence-electron chi connectivity index (χ4n) is 4.69. The number of fused-ring (bicyclic) bond motifs is 3. The number of thioether (sulfide) groups is 1. The summed E-state index contributed by atoms with van der Waals surface area (Å²) in [6.45, 7) is 0. The molecule has 5 rings (SSSR count). The molecule has 0 spiro atoms. The van der Waals surface area contributed by atoms with Crippen LogP contribution in [0.1, 0.15) is 49.3 Å². The summed E-state index contributed by atoms with van der Waals surface area (Å²) in [5.41, 5.74) is 3.29. The maximum Gasteiger partial charge on any atom is 0.258 e. The zero-order valence-corrected chi connectivity index (χ0v) is 18.0. The van der Waals surface area contributed by atoms with Crippen molar-refractivity contribution in [1.82, 2.24) is 14.5 Å². The average Bonchev–Trinajstić information content (AvgIpc) is 2.81. The summed E-state index contributed by atoms with van der Waals surface area (Å²) in [4.78, 5) is 22.6. The van der Waals surface area contributed by atoms with Crippen LogP contribution in [0, 0.1) is 0 Å². The smallest absolute Gasteiger partial charge is 0.258 e.